The second kappa shape index (κ2) is 5.31. The fourth-order valence-corrected chi connectivity index (χ4v) is 2.76. The van der Waals surface area contributed by atoms with E-state index in [-0.39, 0.29) is 0 Å². The van der Waals surface area contributed by atoms with Crippen molar-refractivity contribution in [2.45, 2.75) is 0 Å². The predicted molar refractivity (Wildman–Crippen MR) is 88.6 cm³/mol. The summed E-state index contributed by atoms with van der Waals surface area (Å²) in [5, 5.41) is 4.93. The molecule has 0 aliphatic carbocycles. The molecular formula is C15H11BrClN3. The lowest BCUT2D eigenvalue weighted by atomic mass is 10.1. The summed E-state index contributed by atoms with van der Waals surface area (Å²) in [4.78, 5) is 4.31. The SMILES string of the molecule is Nc1cccc2c(Nc3ccc(Br)cc3Cl)ccnc12. The van der Waals surface area contributed by atoms with Gasteiger partial charge in [0.2, 0.25) is 0 Å². The van der Waals surface area contributed by atoms with Crippen LogP contribution in [0, 0.1) is 0 Å². The Morgan fingerprint density at radius 1 is 1.10 bits per heavy atom. The first-order valence-corrected chi connectivity index (χ1v) is 7.17. The average Bonchev–Trinajstić information content (AvgIpc) is 2.43. The summed E-state index contributed by atoms with van der Waals surface area (Å²) in [5.74, 6) is 0. The van der Waals surface area contributed by atoms with Gasteiger partial charge in [-0.1, -0.05) is 39.7 Å². The molecule has 20 heavy (non-hydrogen) atoms. The van der Waals surface area contributed by atoms with Crippen LogP contribution in [0.1, 0.15) is 0 Å². The molecule has 5 heteroatoms. The Morgan fingerprint density at radius 2 is 1.95 bits per heavy atom. The van der Waals surface area contributed by atoms with Crippen LogP contribution in [-0.2, 0) is 0 Å². The number of fused-ring (bicyclic) bond motifs is 1. The molecule has 0 amide bonds. The van der Waals surface area contributed by atoms with Gasteiger partial charge in [-0.05, 0) is 30.3 Å². The second-order valence-corrected chi connectivity index (χ2v) is 5.67. The number of rotatable bonds is 2. The van der Waals surface area contributed by atoms with Crippen LogP contribution in [0.3, 0.4) is 0 Å². The molecule has 2 aromatic carbocycles. The lowest BCUT2D eigenvalue weighted by molar-refractivity contribution is 1.40. The molecule has 3 N–H and O–H groups in total. The van der Waals surface area contributed by atoms with E-state index in [1.807, 2.05) is 42.5 Å². The van der Waals surface area contributed by atoms with Gasteiger partial charge in [-0.2, -0.15) is 0 Å². The van der Waals surface area contributed by atoms with Crippen LogP contribution in [-0.4, -0.2) is 4.98 Å². The third kappa shape index (κ3) is 2.44. The molecule has 0 bridgehead atoms. The van der Waals surface area contributed by atoms with Gasteiger partial charge in [0.05, 0.1) is 21.9 Å². The van der Waals surface area contributed by atoms with E-state index in [0.29, 0.717) is 10.7 Å². The zero-order valence-corrected chi connectivity index (χ0v) is 12.7. The molecule has 1 heterocycles. The number of aromatic nitrogens is 1. The van der Waals surface area contributed by atoms with Crippen molar-refractivity contribution < 1.29 is 0 Å². The van der Waals surface area contributed by atoms with E-state index in [4.69, 9.17) is 17.3 Å². The zero-order chi connectivity index (χ0) is 14.1. The lowest BCUT2D eigenvalue weighted by Gasteiger charge is -2.11. The Hall–Kier alpha value is -1.78. The summed E-state index contributed by atoms with van der Waals surface area (Å²) in [6.07, 6.45) is 1.73. The first-order valence-electron chi connectivity index (χ1n) is 6.00. The maximum Gasteiger partial charge on any atom is 0.0951 e. The maximum absolute atomic E-state index is 6.23. The number of hydrogen-bond acceptors (Lipinski definition) is 3. The number of para-hydroxylation sites is 1. The minimum Gasteiger partial charge on any atom is -0.397 e. The fourth-order valence-electron chi connectivity index (χ4n) is 2.04. The van der Waals surface area contributed by atoms with Crippen LogP contribution in [0.25, 0.3) is 10.9 Å². The molecular weight excluding hydrogens is 338 g/mol. The molecule has 100 valence electrons. The lowest BCUT2D eigenvalue weighted by Crippen LogP contribution is -1.95. The highest BCUT2D eigenvalue weighted by Gasteiger charge is 2.06. The van der Waals surface area contributed by atoms with E-state index in [2.05, 4.69) is 26.2 Å². The molecule has 0 fully saturated rings. The van der Waals surface area contributed by atoms with Crippen LogP contribution in [0.5, 0.6) is 0 Å². The number of nitrogen functional groups attached to an aromatic ring is 1. The Kier molecular flexibility index (Phi) is 3.51. The van der Waals surface area contributed by atoms with Crippen LogP contribution in [0.15, 0.2) is 53.1 Å². The van der Waals surface area contributed by atoms with Gasteiger partial charge in [-0.3, -0.25) is 4.98 Å². The van der Waals surface area contributed by atoms with Crippen molar-refractivity contribution in [3.8, 4) is 0 Å². The monoisotopic (exact) mass is 347 g/mol. The summed E-state index contributed by atoms with van der Waals surface area (Å²) in [6, 6.07) is 13.3. The number of hydrogen-bond donors (Lipinski definition) is 2. The highest BCUT2D eigenvalue weighted by Crippen LogP contribution is 2.32. The van der Waals surface area contributed by atoms with Crippen LogP contribution >= 0.6 is 27.5 Å². The maximum atomic E-state index is 6.23. The number of halogens is 2. The third-order valence-corrected chi connectivity index (χ3v) is 3.81. The van der Waals surface area contributed by atoms with Crippen molar-refractivity contribution in [3.05, 3.63) is 58.2 Å². The van der Waals surface area contributed by atoms with E-state index >= 15 is 0 Å². The van der Waals surface area contributed by atoms with Crippen molar-refractivity contribution in [2.75, 3.05) is 11.1 Å². The van der Waals surface area contributed by atoms with Gasteiger partial charge in [0.1, 0.15) is 0 Å². The molecule has 0 unspecified atom stereocenters. The van der Waals surface area contributed by atoms with E-state index in [0.717, 1.165) is 26.8 Å². The minimum absolute atomic E-state index is 0.647. The summed E-state index contributed by atoms with van der Waals surface area (Å²) in [6.45, 7) is 0. The Labute approximate surface area is 129 Å². The minimum atomic E-state index is 0.647. The number of nitrogens with zero attached hydrogens (tertiary/aromatic N) is 1. The third-order valence-electron chi connectivity index (χ3n) is 3.00. The predicted octanol–water partition coefficient (Wildman–Crippen LogP) is 4.98. The molecule has 0 saturated carbocycles. The van der Waals surface area contributed by atoms with Gasteiger partial charge in [0, 0.05) is 21.7 Å². The van der Waals surface area contributed by atoms with Crippen molar-refractivity contribution in [3.63, 3.8) is 0 Å². The van der Waals surface area contributed by atoms with Crippen molar-refractivity contribution in [2.24, 2.45) is 0 Å². The molecule has 0 radical (unpaired) electrons. The van der Waals surface area contributed by atoms with Crippen LogP contribution in [0.2, 0.25) is 5.02 Å². The highest BCUT2D eigenvalue weighted by atomic mass is 79.9. The average molecular weight is 349 g/mol. The van der Waals surface area contributed by atoms with Gasteiger partial charge < -0.3 is 11.1 Å². The van der Waals surface area contributed by atoms with Crippen molar-refractivity contribution >= 4 is 55.5 Å². The topological polar surface area (TPSA) is 50.9 Å². The number of nitrogens with two attached hydrogens (primary N) is 1. The smallest absolute Gasteiger partial charge is 0.0951 e. The number of pyridine rings is 1. The van der Waals surface area contributed by atoms with Gasteiger partial charge >= 0.3 is 0 Å². The van der Waals surface area contributed by atoms with E-state index < -0.39 is 0 Å². The number of nitrogens with one attached hydrogen (secondary N) is 1. The Balaban J connectivity index is 2.09. The molecule has 0 atom stereocenters. The van der Waals surface area contributed by atoms with Crippen molar-refractivity contribution in [1.82, 2.24) is 4.98 Å². The Morgan fingerprint density at radius 3 is 2.75 bits per heavy atom. The highest BCUT2D eigenvalue weighted by molar-refractivity contribution is 9.10. The van der Waals surface area contributed by atoms with Crippen LogP contribution < -0.4 is 11.1 Å². The molecule has 3 nitrogen and oxygen atoms in total. The standard InChI is InChI=1S/C15H11BrClN3/c16-9-4-5-14(11(17)8-9)20-13-6-7-19-15-10(13)2-1-3-12(15)18/h1-8H,18H2,(H,19,20). The van der Waals surface area contributed by atoms with Gasteiger partial charge in [0.25, 0.3) is 0 Å². The molecule has 0 aliphatic heterocycles. The Bertz CT molecular complexity index is 789. The van der Waals surface area contributed by atoms with E-state index in [1.54, 1.807) is 6.20 Å². The zero-order valence-electron chi connectivity index (χ0n) is 10.4. The first kappa shape index (κ1) is 13.2. The molecule has 3 aromatic rings. The molecule has 0 spiro atoms. The quantitative estimate of drug-likeness (QED) is 0.642. The summed E-state index contributed by atoms with van der Waals surface area (Å²) in [5.41, 5.74) is 9.15. The molecule has 3 rings (SSSR count). The van der Waals surface area contributed by atoms with E-state index in [1.165, 1.54) is 0 Å². The summed E-state index contributed by atoms with van der Waals surface area (Å²) < 4.78 is 0.942. The number of benzene rings is 2. The van der Waals surface area contributed by atoms with E-state index in [9.17, 15) is 0 Å². The second-order valence-electron chi connectivity index (χ2n) is 4.35. The fraction of sp³-hybridized carbons (Fsp3) is 0. The van der Waals surface area contributed by atoms with Gasteiger partial charge in [-0.15, -0.1) is 0 Å². The molecule has 1 aromatic heterocycles. The summed E-state index contributed by atoms with van der Waals surface area (Å²) in [7, 11) is 0. The first-order chi connectivity index (χ1) is 9.65. The summed E-state index contributed by atoms with van der Waals surface area (Å²) >= 11 is 9.62. The number of anilines is 3. The molecule has 0 saturated heterocycles. The van der Waals surface area contributed by atoms with Crippen LogP contribution in [0.4, 0.5) is 17.1 Å². The largest absolute Gasteiger partial charge is 0.397 e. The normalized spacial score (nSPS) is 10.7. The van der Waals surface area contributed by atoms with Gasteiger partial charge in [-0.25, -0.2) is 0 Å². The molecule has 0 aliphatic rings. The van der Waals surface area contributed by atoms with Gasteiger partial charge in [0.15, 0.2) is 0 Å². The van der Waals surface area contributed by atoms with Crippen molar-refractivity contribution in [1.29, 1.82) is 0 Å².